The smallest absolute Gasteiger partial charge is 0.147 e. The molecular formula is C17H17FN2O. The summed E-state index contributed by atoms with van der Waals surface area (Å²) in [5.41, 5.74) is 8.15. The highest BCUT2D eigenvalue weighted by Crippen LogP contribution is 2.31. The number of H-pyrrole nitrogens is 1. The SMILES string of the molecule is NCCc1c[nH]c2c(F)ccc(OCc3ccccc3)c12. The van der Waals surface area contributed by atoms with E-state index in [0.29, 0.717) is 30.8 Å². The van der Waals surface area contributed by atoms with Gasteiger partial charge in [0, 0.05) is 11.6 Å². The molecule has 0 amide bonds. The lowest BCUT2D eigenvalue weighted by molar-refractivity contribution is 0.309. The van der Waals surface area contributed by atoms with Crippen LogP contribution in [0.4, 0.5) is 4.39 Å². The van der Waals surface area contributed by atoms with E-state index < -0.39 is 0 Å². The molecule has 3 nitrogen and oxygen atoms in total. The number of rotatable bonds is 5. The van der Waals surface area contributed by atoms with Gasteiger partial charge in [-0.3, -0.25) is 0 Å². The number of hydrogen-bond donors (Lipinski definition) is 2. The minimum atomic E-state index is -0.277. The average Bonchev–Trinajstić information content (AvgIpc) is 2.93. The van der Waals surface area contributed by atoms with Crippen molar-refractivity contribution in [3.63, 3.8) is 0 Å². The Labute approximate surface area is 122 Å². The number of hydrogen-bond acceptors (Lipinski definition) is 2. The molecule has 0 aliphatic carbocycles. The third-order valence-corrected chi connectivity index (χ3v) is 3.48. The standard InChI is InChI=1S/C17H17FN2O/c18-14-6-7-15(21-11-12-4-2-1-3-5-12)16-13(8-9-19)10-20-17(14)16/h1-7,10,20H,8-9,11,19H2. The maximum absolute atomic E-state index is 13.9. The maximum Gasteiger partial charge on any atom is 0.147 e. The topological polar surface area (TPSA) is 51.0 Å². The predicted molar refractivity (Wildman–Crippen MR) is 81.8 cm³/mol. The summed E-state index contributed by atoms with van der Waals surface area (Å²) in [6, 6.07) is 13.0. The van der Waals surface area contributed by atoms with Crippen LogP contribution in [0.15, 0.2) is 48.7 Å². The van der Waals surface area contributed by atoms with Crippen molar-refractivity contribution in [2.75, 3.05) is 6.54 Å². The van der Waals surface area contributed by atoms with E-state index in [4.69, 9.17) is 10.5 Å². The van der Waals surface area contributed by atoms with E-state index in [-0.39, 0.29) is 5.82 Å². The van der Waals surface area contributed by atoms with Gasteiger partial charge in [0.1, 0.15) is 18.2 Å². The van der Waals surface area contributed by atoms with Crippen LogP contribution in [0, 0.1) is 5.82 Å². The van der Waals surface area contributed by atoms with Crippen LogP contribution in [-0.4, -0.2) is 11.5 Å². The molecule has 0 spiro atoms. The highest BCUT2D eigenvalue weighted by molar-refractivity contribution is 5.89. The van der Waals surface area contributed by atoms with Crippen molar-refractivity contribution < 1.29 is 9.13 Å². The molecule has 0 fully saturated rings. The second-order valence-corrected chi connectivity index (χ2v) is 4.92. The molecule has 0 atom stereocenters. The van der Waals surface area contributed by atoms with Crippen LogP contribution >= 0.6 is 0 Å². The van der Waals surface area contributed by atoms with Crippen molar-refractivity contribution in [1.82, 2.24) is 4.98 Å². The Morgan fingerprint density at radius 2 is 1.90 bits per heavy atom. The van der Waals surface area contributed by atoms with Gasteiger partial charge < -0.3 is 15.5 Å². The van der Waals surface area contributed by atoms with Crippen LogP contribution < -0.4 is 10.5 Å². The molecule has 3 aromatic rings. The number of benzene rings is 2. The summed E-state index contributed by atoms with van der Waals surface area (Å²) < 4.78 is 19.7. The lowest BCUT2D eigenvalue weighted by atomic mass is 10.1. The number of aromatic amines is 1. The fourth-order valence-electron chi connectivity index (χ4n) is 2.46. The van der Waals surface area contributed by atoms with Gasteiger partial charge in [0.2, 0.25) is 0 Å². The van der Waals surface area contributed by atoms with Crippen molar-refractivity contribution >= 4 is 10.9 Å². The molecule has 0 saturated carbocycles. The van der Waals surface area contributed by atoms with Crippen LogP contribution in [0.3, 0.4) is 0 Å². The van der Waals surface area contributed by atoms with Gasteiger partial charge in [0.05, 0.1) is 5.52 Å². The molecule has 4 heteroatoms. The molecule has 0 bridgehead atoms. The van der Waals surface area contributed by atoms with Crippen LogP contribution in [0.5, 0.6) is 5.75 Å². The Kier molecular flexibility index (Phi) is 3.88. The van der Waals surface area contributed by atoms with Crippen molar-refractivity contribution in [3.8, 4) is 5.75 Å². The van der Waals surface area contributed by atoms with E-state index in [2.05, 4.69) is 4.98 Å². The van der Waals surface area contributed by atoms with Crippen molar-refractivity contribution in [1.29, 1.82) is 0 Å². The Hall–Kier alpha value is -2.33. The van der Waals surface area contributed by atoms with E-state index in [1.807, 2.05) is 30.3 Å². The van der Waals surface area contributed by atoms with E-state index in [1.54, 1.807) is 12.3 Å². The van der Waals surface area contributed by atoms with Crippen LogP contribution in [0.2, 0.25) is 0 Å². The fraction of sp³-hybridized carbons (Fsp3) is 0.176. The predicted octanol–water partition coefficient (Wildman–Crippen LogP) is 3.39. The Balaban J connectivity index is 1.94. The minimum Gasteiger partial charge on any atom is -0.488 e. The number of nitrogens with two attached hydrogens (primary N) is 1. The molecule has 1 heterocycles. The van der Waals surface area contributed by atoms with Crippen molar-refractivity contribution in [3.05, 3.63) is 65.6 Å². The van der Waals surface area contributed by atoms with Crippen LogP contribution in [0.25, 0.3) is 10.9 Å². The number of halogens is 1. The molecule has 0 saturated heterocycles. The molecule has 108 valence electrons. The molecule has 2 aromatic carbocycles. The second kappa shape index (κ2) is 5.97. The van der Waals surface area contributed by atoms with Gasteiger partial charge in [-0.1, -0.05) is 30.3 Å². The summed E-state index contributed by atoms with van der Waals surface area (Å²) in [5.74, 6) is 0.403. The van der Waals surface area contributed by atoms with Gasteiger partial charge in [-0.15, -0.1) is 0 Å². The van der Waals surface area contributed by atoms with Crippen LogP contribution in [-0.2, 0) is 13.0 Å². The maximum atomic E-state index is 13.9. The number of nitrogens with one attached hydrogen (secondary N) is 1. The number of fused-ring (bicyclic) bond motifs is 1. The molecule has 3 N–H and O–H groups in total. The first-order valence-corrected chi connectivity index (χ1v) is 6.95. The zero-order valence-corrected chi connectivity index (χ0v) is 11.6. The summed E-state index contributed by atoms with van der Waals surface area (Å²) in [4.78, 5) is 2.97. The first kappa shape index (κ1) is 13.6. The zero-order chi connectivity index (χ0) is 14.7. The third kappa shape index (κ3) is 2.76. The summed E-state index contributed by atoms with van der Waals surface area (Å²) >= 11 is 0. The highest BCUT2D eigenvalue weighted by Gasteiger charge is 2.13. The minimum absolute atomic E-state index is 0.277. The second-order valence-electron chi connectivity index (χ2n) is 4.92. The lowest BCUT2D eigenvalue weighted by Gasteiger charge is -2.09. The molecular weight excluding hydrogens is 267 g/mol. The molecule has 0 unspecified atom stereocenters. The van der Waals surface area contributed by atoms with Gasteiger partial charge in [-0.2, -0.15) is 0 Å². The van der Waals surface area contributed by atoms with Gasteiger partial charge in [0.15, 0.2) is 0 Å². The molecule has 3 rings (SSSR count). The van der Waals surface area contributed by atoms with Gasteiger partial charge in [-0.25, -0.2) is 4.39 Å². The monoisotopic (exact) mass is 284 g/mol. The third-order valence-electron chi connectivity index (χ3n) is 3.48. The van der Waals surface area contributed by atoms with Gasteiger partial charge in [0.25, 0.3) is 0 Å². The Morgan fingerprint density at radius 3 is 2.67 bits per heavy atom. The van der Waals surface area contributed by atoms with Gasteiger partial charge >= 0.3 is 0 Å². The fourth-order valence-corrected chi connectivity index (χ4v) is 2.46. The lowest BCUT2D eigenvalue weighted by Crippen LogP contribution is -2.03. The highest BCUT2D eigenvalue weighted by atomic mass is 19.1. The number of aromatic nitrogens is 1. The molecule has 0 aliphatic rings. The van der Waals surface area contributed by atoms with E-state index >= 15 is 0 Å². The Morgan fingerprint density at radius 1 is 1.10 bits per heavy atom. The summed E-state index contributed by atoms with van der Waals surface area (Å²) in [6.45, 7) is 0.969. The molecule has 0 radical (unpaired) electrons. The first-order chi connectivity index (χ1) is 10.3. The van der Waals surface area contributed by atoms with E-state index in [1.165, 1.54) is 6.07 Å². The van der Waals surface area contributed by atoms with E-state index in [0.717, 1.165) is 16.5 Å². The summed E-state index contributed by atoms with van der Waals surface area (Å²) in [7, 11) is 0. The largest absolute Gasteiger partial charge is 0.488 e. The molecule has 0 aliphatic heterocycles. The molecule has 1 aromatic heterocycles. The Bertz CT molecular complexity index is 737. The quantitative estimate of drug-likeness (QED) is 0.754. The summed E-state index contributed by atoms with van der Waals surface area (Å²) in [5, 5.41) is 0.788. The zero-order valence-electron chi connectivity index (χ0n) is 11.6. The summed E-state index contributed by atoms with van der Waals surface area (Å²) in [6.07, 6.45) is 2.49. The normalized spacial score (nSPS) is 11.0. The van der Waals surface area contributed by atoms with Crippen molar-refractivity contribution in [2.45, 2.75) is 13.0 Å². The van der Waals surface area contributed by atoms with E-state index in [9.17, 15) is 4.39 Å². The average molecular weight is 284 g/mol. The van der Waals surface area contributed by atoms with Crippen LogP contribution in [0.1, 0.15) is 11.1 Å². The van der Waals surface area contributed by atoms with Gasteiger partial charge in [-0.05, 0) is 36.2 Å². The molecule has 21 heavy (non-hydrogen) atoms. The first-order valence-electron chi connectivity index (χ1n) is 6.95. The van der Waals surface area contributed by atoms with Crippen molar-refractivity contribution in [2.24, 2.45) is 5.73 Å². The number of ether oxygens (including phenoxy) is 1.